The van der Waals surface area contributed by atoms with E-state index in [2.05, 4.69) is 25.8 Å². The molecule has 2 bridgehead atoms. The molecular weight excluding hydrogens is 454 g/mol. The van der Waals surface area contributed by atoms with E-state index in [0.717, 1.165) is 63.8 Å². The number of ether oxygens (including phenoxy) is 1. The number of hydroxylamine groups is 2. The maximum atomic E-state index is 10.00. The molecule has 6 aliphatic rings. The van der Waals surface area contributed by atoms with Gasteiger partial charge in [0, 0.05) is 39.8 Å². The van der Waals surface area contributed by atoms with E-state index in [0.29, 0.717) is 29.3 Å². The molecule has 0 radical (unpaired) electrons. The van der Waals surface area contributed by atoms with Crippen LogP contribution in [0.3, 0.4) is 0 Å². The van der Waals surface area contributed by atoms with Crippen LogP contribution in [-0.4, -0.2) is 73.1 Å². The van der Waals surface area contributed by atoms with Gasteiger partial charge in [-0.1, -0.05) is 40.0 Å². The van der Waals surface area contributed by atoms with E-state index >= 15 is 0 Å². The van der Waals surface area contributed by atoms with E-state index < -0.39 is 0 Å². The maximum Gasteiger partial charge on any atom is 0.0698 e. The lowest BCUT2D eigenvalue weighted by molar-refractivity contribution is -0.143. The van der Waals surface area contributed by atoms with Crippen molar-refractivity contribution in [2.45, 2.75) is 111 Å². The van der Waals surface area contributed by atoms with Crippen LogP contribution in [0.5, 0.6) is 0 Å². The fourth-order valence-corrected chi connectivity index (χ4v) is 8.03. The highest BCUT2D eigenvalue weighted by atomic mass is 16.7. The van der Waals surface area contributed by atoms with Crippen LogP contribution in [0.4, 0.5) is 0 Å². The van der Waals surface area contributed by atoms with Gasteiger partial charge in [0.1, 0.15) is 0 Å². The molecule has 36 heavy (non-hydrogen) atoms. The number of methoxy groups -OCH3 is 1. The fraction of sp³-hybridized carbons (Fsp3) is 1.00. The molecule has 1 heterocycles. The van der Waals surface area contributed by atoms with Crippen molar-refractivity contribution in [1.82, 2.24) is 5.06 Å². The summed E-state index contributed by atoms with van der Waals surface area (Å²) in [7, 11) is 2.88. The number of hydrogen-bond donors (Lipinski definition) is 3. The summed E-state index contributed by atoms with van der Waals surface area (Å²) in [5, 5.41) is 26.7. The summed E-state index contributed by atoms with van der Waals surface area (Å²) in [6.45, 7) is 12.2. The van der Waals surface area contributed by atoms with E-state index in [-0.39, 0.29) is 12.7 Å². The molecule has 1 saturated heterocycles. The Morgan fingerprint density at radius 1 is 0.972 bits per heavy atom. The third-order valence-electron chi connectivity index (χ3n) is 10.0. The second-order valence-corrected chi connectivity index (χ2v) is 12.4. The molecule has 0 aromatic carbocycles. The molecule has 6 nitrogen and oxygen atoms in total. The van der Waals surface area contributed by atoms with Gasteiger partial charge in [-0.3, -0.25) is 4.84 Å². The van der Waals surface area contributed by atoms with Gasteiger partial charge in [0.25, 0.3) is 0 Å². The number of aliphatic hydroxyl groups excluding tert-OH is 3. The Bertz CT molecular complexity index is 580. The second kappa shape index (κ2) is 16.0. The first kappa shape index (κ1) is 32.0. The molecule has 0 aromatic heterocycles. The van der Waals surface area contributed by atoms with Crippen LogP contribution in [0.1, 0.15) is 98.3 Å². The zero-order valence-corrected chi connectivity index (χ0v) is 24.3. The Kier molecular flexibility index (Phi) is 14.2. The predicted octanol–water partition coefficient (Wildman–Crippen LogP) is 5.29. The number of hydrogen-bond acceptors (Lipinski definition) is 6. The van der Waals surface area contributed by atoms with Crippen molar-refractivity contribution in [1.29, 1.82) is 0 Å². The SMILES string of the molecule is CC1CCC2C[C@@H]1C2(C)C.CCO.CO.COC1C(CN2CCCO2)CCCC1C1CCCC(O)C1. The van der Waals surface area contributed by atoms with Crippen molar-refractivity contribution in [2.24, 2.45) is 40.9 Å². The van der Waals surface area contributed by atoms with Crippen molar-refractivity contribution >= 4 is 0 Å². The van der Waals surface area contributed by atoms with Crippen LogP contribution in [-0.2, 0) is 9.57 Å². The first-order chi connectivity index (χ1) is 17.3. The molecule has 7 unspecified atom stereocenters. The summed E-state index contributed by atoms with van der Waals surface area (Å²) in [6.07, 6.45) is 14.2. The first-order valence-electron chi connectivity index (χ1n) is 15.0. The zero-order valence-electron chi connectivity index (χ0n) is 24.3. The molecule has 0 amide bonds. The van der Waals surface area contributed by atoms with Crippen molar-refractivity contribution in [3.05, 3.63) is 0 Å². The molecule has 6 heteroatoms. The first-order valence-corrected chi connectivity index (χ1v) is 15.0. The van der Waals surface area contributed by atoms with Gasteiger partial charge in [-0.05, 0) is 93.3 Å². The third-order valence-corrected chi connectivity index (χ3v) is 10.0. The zero-order chi connectivity index (χ0) is 26.7. The van der Waals surface area contributed by atoms with E-state index in [9.17, 15) is 5.11 Å². The molecule has 3 N–H and O–H groups in total. The minimum absolute atomic E-state index is 0.0800. The lowest BCUT2D eigenvalue weighted by Crippen LogP contribution is -2.51. The minimum Gasteiger partial charge on any atom is -0.400 e. The van der Waals surface area contributed by atoms with Crippen LogP contribution in [0.25, 0.3) is 0 Å². The normalized spacial score (nSPS) is 39.2. The average molecular weight is 514 g/mol. The lowest BCUT2D eigenvalue weighted by atomic mass is 9.46. The molecule has 5 aliphatic carbocycles. The van der Waals surface area contributed by atoms with E-state index in [1.54, 1.807) is 6.92 Å². The molecule has 6 rings (SSSR count). The molecule has 5 saturated carbocycles. The largest absolute Gasteiger partial charge is 0.400 e. The highest BCUT2D eigenvalue weighted by Crippen LogP contribution is 2.61. The Hall–Kier alpha value is -0.240. The molecular formula is C30H59NO5. The van der Waals surface area contributed by atoms with Crippen molar-refractivity contribution in [3.8, 4) is 0 Å². The molecule has 214 valence electrons. The maximum absolute atomic E-state index is 10.00. The minimum atomic E-state index is -0.0800. The van der Waals surface area contributed by atoms with Crippen molar-refractivity contribution in [3.63, 3.8) is 0 Å². The Labute approximate surface area is 222 Å². The number of fused-ring (bicyclic) bond motifs is 2. The van der Waals surface area contributed by atoms with E-state index in [1.807, 2.05) is 7.11 Å². The second-order valence-electron chi connectivity index (χ2n) is 12.4. The van der Waals surface area contributed by atoms with Crippen LogP contribution < -0.4 is 0 Å². The van der Waals surface area contributed by atoms with Crippen LogP contribution in [0.2, 0.25) is 0 Å². The Morgan fingerprint density at radius 2 is 1.67 bits per heavy atom. The summed E-state index contributed by atoms with van der Waals surface area (Å²) in [5.74, 6) is 5.03. The van der Waals surface area contributed by atoms with Gasteiger partial charge in [-0.15, -0.1) is 0 Å². The van der Waals surface area contributed by atoms with Crippen molar-refractivity contribution in [2.75, 3.05) is 40.5 Å². The topological polar surface area (TPSA) is 82.4 Å². The van der Waals surface area contributed by atoms with Crippen LogP contribution in [0.15, 0.2) is 0 Å². The quantitative estimate of drug-likeness (QED) is 0.474. The summed E-state index contributed by atoms with van der Waals surface area (Å²) < 4.78 is 5.95. The average Bonchev–Trinajstić information content (AvgIpc) is 3.39. The van der Waals surface area contributed by atoms with E-state index in [1.165, 1.54) is 51.4 Å². The third kappa shape index (κ3) is 8.38. The summed E-state index contributed by atoms with van der Waals surface area (Å²) >= 11 is 0. The van der Waals surface area contributed by atoms with Gasteiger partial charge in [-0.25, -0.2) is 0 Å². The van der Waals surface area contributed by atoms with Gasteiger partial charge in [0.2, 0.25) is 0 Å². The molecule has 0 spiro atoms. The Balaban J connectivity index is 0.000000252. The predicted molar refractivity (Wildman–Crippen MR) is 146 cm³/mol. The molecule has 8 atom stereocenters. The van der Waals surface area contributed by atoms with Gasteiger partial charge in [0.05, 0.1) is 18.8 Å². The van der Waals surface area contributed by atoms with E-state index in [4.69, 9.17) is 19.8 Å². The summed E-state index contributed by atoms with van der Waals surface area (Å²) in [5.41, 5.74) is 0.706. The number of rotatable bonds is 4. The summed E-state index contributed by atoms with van der Waals surface area (Å²) in [6, 6.07) is 0. The lowest BCUT2D eigenvalue weighted by Gasteiger charge is -2.59. The number of nitrogens with zero attached hydrogens (tertiary/aromatic N) is 1. The monoisotopic (exact) mass is 513 g/mol. The van der Waals surface area contributed by atoms with Crippen LogP contribution in [0, 0.1) is 40.9 Å². The van der Waals surface area contributed by atoms with Gasteiger partial charge in [-0.2, -0.15) is 5.06 Å². The van der Waals surface area contributed by atoms with Crippen LogP contribution >= 0.6 is 0 Å². The van der Waals surface area contributed by atoms with Gasteiger partial charge in [0.15, 0.2) is 0 Å². The smallest absolute Gasteiger partial charge is 0.0698 e. The number of aliphatic hydroxyl groups is 3. The van der Waals surface area contributed by atoms with Gasteiger partial charge >= 0.3 is 0 Å². The van der Waals surface area contributed by atoms with Crippen molar-refractivity contribution < 1.29 is 24.9 Å². The standard InChI is InChI=1S/C17H31NO3.C10H18.C2H6O.CH4O/c1-20-17-14(12-18-9-4-10-21-18)6-3-8-16(17)13-5-2-7-15(19)11-13;1-7-4-5-8-6-9(7)10(8,2)3;1-2-3;1-2/h13-17,19H,2-12H2,1H3;7-9H,4-6H2,1-3H3;3H,2H2,1H3;2H,1H3/t;7?,8?,9-;;/m.0../s1. The molecule has 1 aliphatic heterocycles. The molecule has 6 fully saturated rings. The highest BCUT2D eigenvalue weighted by Gasteiger charge is 2.52. The molecule has 0 aromatic rings. The summed E-state index contributed by atoms with van der Waals surface area (Å²) in [4.78, 5) is 5.68. The van der Waals surface area contributed by atoms with Gasteiger partial charge < -0.3 is 20.1 Å². The fourth-order valence-electron chi connectivity index (χ4n) is 8.03. The Morgan fingerprint density at radius 3 is 2.17 bits per heavy atom. The highest BCUT2D eigenvalue weighted by molar-refractivity contribution is 5.02.